The molecule has 6 nitrogen and oxygen atoms in total. The fourth-order valence-corrected chi connectivity index (χ4v) is 5.93. The van der Waals surface area contributed by atoms with Crippen LogP contribution >= 0.6 is 23.1 Å². The van der Waals surface area contributed by atoms with Crippen LogP contribution in [0.2, 0.25) is 5.02 Å². The molecule has 2 N–H and O–H groups in total. The van der Waals surface area contributed by atoms with Gasteiger partial charge in [0.2, 0.25) is 0 Å². The number of carboxylic acid groups (broad SMARTS) is 1. The van der Waals surface area contributed by atoms with Crippen molar-refractivity contribution < 1.29 is 19.4 Å². The highest BCUT2D eigenvalue weighted by Crippen LogP contribution is 2.36. The molecule has 0 aliphatic carbocycles. The molecule has 1 amide bonds. The van der Waals surface area contributed by atoms with Gasteiger partial charge in [0, 0.05) is 10.6 Å². The van der Waals surface area contributed by atoms with Crippen LogP contribution in [0.15, 0.2) is 103 Å². The molecule has 0 aliphatic heterocycles. The summed E-state index contributed by atoms with van der Waals surface area (Å²) >= 11 is 7.56. The molecule has 8 heteroatoms. The maximum atomic E-state index is 12.8. The standard InChI is InChI=1S/C34H29ClN2O4S/c1-21-31(36-34(40)41-22(2)28-10-6-7-11-30(28)35)32(42-37-21)27-18-14-25(15-19-27)24-12-16-26(17-13-24)29(33(38)39)20-23-8-4-3-5-9-23/h3-19,22,29H,20H2,1-2H3,(H,36,40)(H,38,39). The number of anilines is 1. The second kappa shape index (κ2) is 13.0. The van der Waals surface area contributed by atoms with Gasteiger partial charge in [-0.3, -0.25) is 10.1 Å². The van der Waals surface area contributed by atoms with Crippen molar-refractivity contribution in [3.05, 3.63) is 131 Å². The van der Waals surface area contributed by atoms with Crippen LogP contribution in [-0.2, 0) is 16.0 Å². The molecule has 2 atom stereocenters. The van der Waals surface area contributed by atoms with Crippen LogP contribution in [-0.4, -0.2) is 21.5 Å². The zero-order chi connectivity index (χ0) is 29.6. The quantitative estimate of drug-likeness (QED) is 0.177. The molecule has 0 aliphatic rings. The van der Waals surface area contributed by atoms with Gasteiger partial charge in [0.1, 0.15) is 6.10 Å². The van der Waals surface area contributed by atoms with E-state index in [2.05, 4.69) is 9.69 Å². The van der Waals surface area contributed by atoms with Gasteiger partial charge in [0.25, 0.3) is 0 Å². The minimum atomic E-state index is -0.845. The average Bonchev–Trinajstić information content (AvgIpc) is 3.36. The molecule has 0 radical (unpaired) electrons. The molecule has 0 bridgehead atoms. The van der Waals surface area contributed by atoms with Crippen molar-refractivity contribution in [3.8, 4) is 21.6 Å². The first-order valence-electron chi connectivity index (χ1n) is 13.5. The summed E-state index contributed by atoms with van der Waals surface area (Å²) in [4.78, 5) is 25.6. The van der Waals surface area contributed by atoms with Crippen LogP contribution in [0, 0.1) is 6.92 Å². The summed E-state index contributed by atoms with van der Waals surface area (Å²) < 4.78 is 10.0. The zero-order valence-corrected chi connectivity index (χ0v) is 24.7. The molecule has 1 aromatic heterocycles. The SMILES string of the molecule is Cc1nsc(-c2ccc(-c3ccc(C(Cc4ccccc4)C(=O)O)cc3)cc2)c1NC(=O)OC(C)c1ccccc1Cl. The first-order valence-corrected chi connectivity index (χ1v) is 14.6. The number of aryl methyl sites for hydroxylation is 1. The molecular weight excluding hydrogens is 568 g/mol. The fraction of sp³-hybridized carbons (Fsp3) is 0.147. The lowest BCUT2D eigenvalue weighted by Crippen LogP contribution is -2.16. The van der Waals surface area contributed by atoms with Crippen molar-refractivity contribution in [1.29, 1.82) is 0 Å². The van der Waals surface area contributed by atoms with Crippen LogP contribution in [0.25, 0.3) is 21.6 Å². The molecule has 5 rings (SSSR count). The summed E-state index contributed by atoms with van der Waals surface area (Å²) in [6.45, 7) is 3.61. The smallest absolute Gasteiger partial charge is 0.412 e. The minimum absolute atomic E-state index is 0.432. The number of hydrogen-bond donors (Lipinski definition) is 2. The van der Waals surface area contributed by atoms with Gasteiger partial charge in [0.15, 0.2) is 0 Å². The lowest BCUT2D eigenvalue weighted by molar-refractivity contribution is -0.138. The largest absolute Gasteiger partial charge is 0.481 e. The number of carbonyl (C=O) groups excluding carboxylic acids is 1. The highest BCUT2D eigenvalue weighted by molar-refractivity contribution is 7.10. The maximum Gasteiger partial charge on any atom is 0.412 e. The van der Waals surface area contributed by atoms with E-state index >= 15 is 0 Å². The Morgan fingerprint density at radius 1 is 0.881 bits per heavy atom. The summed E-state index contributed by atoms with van der Waals surface area (Å²) in [6, 6.07) is 32.5. The number of nitrogens with zero attached hydrogens (tertiary/aromatic N) is 1. The highest BCUT2D eigenvalue weighted by Gasteiger charge is 2.21. The summed E-state index contributed by atoms with van der Waals surface area (Å²) in [7, 11) is 0. The van der Waals surface area contributed by atoms with Crippen LogP contribution in [0.5, 0.6) is 0 Å². The number of aliphatic carboxylic acids is 1. The monoisotopic (exact) mass is 596 g/mol. The predicted molar refractivity (Wildman–Crippen MR) is 168 cm³/mol. The Morgan fingerprint density at radius 2 is 1.48 bits per heavy atom. The number of aromatic nitrogens is 1. The van der Waals surface area contributed by atoms with Crippen LogP contribution in [0.4, 0.5) is 10.5 Å². The van der Waals surface area contributed by atoms with Gasteiger partial charge >= 0.3 is 12.1 Å². The van der Waals surface area contributed by atoms with Gasteiger partial charge in [-0.15, -0.1) is 0 Å². The number of amides is 1. The molecule has 0 saturated heterocycles. The number of ether oxygens (including phenoxy) is 1. The van der Waals surface area contributed by atoms with Gasteiger partial charge in [0.05, 0.1) is 22.2 Å². The molecular formula is C34H29ClN2O4S. The third kappa shape index (κ3) is 6.70. The maximum absolute atomic E-state index is 12.8. The second-order valence-corrected chi connectivity index (χ2v) is 11.1. The minimum Gasteiger partial charge on any atom is -0.481 e. The van der Waals surface area contributed by atoms with Crippen LogP contribution in [0.3, 0.4) is 0 Å². The van der Waals surface area contributed by atoms with E-state index in [1.807, 2.05) is 104 Å². The molecule has 42 heavy (non-hydrogen) atoms. The summed E-state index contributed by atoms with van der Waals surface area (Å²) in [5.41, 5.74) is 6.65. The summed E-state index contributed by atoms with van der Waals surface area (Å²) in [6.07, 6.45) is -0.680. The molecule has 2 unspecified atom stereocenters. The number of halogens is 1. The Bertz CT molecular complexity index is 1690. The van der Waals surface area contributed by atoms with E-state index in [1.54, 1.807) is 13.0 Å². The van der Waals surface area contributed by atoms with E-state index in [-0.39, 0.29) is 0 Å². The molecule has 212 valence electrons. The fourth-order valence-electron chi connectivity index (χ4n) is 4.79. The van der Waals surface area contributed by atoms with E-state index < -0.39 is 24.1 Å². The van der Waals surface area contributed by atoms with E-state index in [9.17, 15) is 14.7 Å². The second-order valence-electron chi connectivity index (χ2n) is 9.95. The first kappa shape index (κ1) is 29.0. The Labute approximate surface area is 253 Å². The number of hydrogen-bond acceptors (Lipinski definition) is 5. The Morgan fingerprint density at radius 3 is 2.12 bits per heavy atom. The van der Waals surface area contributed by atoms with Gasteiger partial charge < -0.3 is 9.84 Å². The van der Waals surface area contributed by atoms with Crippen molar-refractivity contribution >= 4 is 40.9 Å². The lowest BCUT2D eigenvalue weighted by Gasteiger charge is -2.16. The lowest BCUT2D eigenvalue weighted by atomic mass is 9.91. The molecule has 5 aromatic rings. The molecule has 4 aromatic carbocycles. The van der Waals surface area contributed by atoms with Gasteiger partial charge in [-0.2, -0.15) is 4.37 Å². The van der Waals surface area contributed by atoms with E-state index in [4.69, 9.17) is 16.3 Å². The first-order chi connectivity index (χ1) is 20.3. The van der Waals surface area contributed by atoms with Crippen molar-refractivity contribution in [2.75, 3.05) is 5.32 Å². The summed E-state index contributed by atoms with van der Waals surface area (Å²) in [5.74, 6) is -1.47. The van der Waals surface area contributed by atoms with Crippen molar-refractivity contribution in [1.82, 2.24) is 4.37 Å². The molecule has 0 fully saturated rings. The number of rotatable bonds is 9. The number of nitrogens with one attached hydrogen (secondary N) is 1. The average molecular weight is 597 g/mol. The van der Waals surface area contributed by atoms with Crippen molar-refractivity contribution in [3.63, 3.8) is 0 Å². The van der Waals surface area contributed by atoms with Crippen molar-refractivity contribution in [2.24, 2.45) is 0 Å². The zero-order valence-electron chi connectivity index (χ0n) is 23.1. The normalized spacial score (nSPS) is 12.4. The summed E-state index contributed by atoms with van der Waals surface area (Å²) in [5, 5.41) is 13.3. The van der Waals surface area contributed by atoms with Crippen LogP contribution in [0.1, 0.15) is 41.3 Å². The van der Waals surface area contributed by atoms with Gasteiger partial charge in [-0.05, 0) is 65.7 Å². The van der Waals surface area contributed by atoms with E-state index in [0.29, 0.717) is 22.8 Å². The molecule has 1 heterocycles. The third-order valence-electron chi connectivity index (χ3n) is 7.09. The van der Waals surface area contributed by atoms with Crippen molar-refractivity contribution in [2.45, 2.75) is 32.3 Å². The van der Waals surface area contributed by atoms with E-state index in [1.165, 1.54) is 11.5 Å². The molecule has 0 spiro atoms. The number of carboxylic acids is 1. The van der Waals surface area contributed by atoms with Gasteiger partial charge in [-0.25, -0.2) is 4.79 Å². The Kier molecular flexibility index (Phi) is 9.00. The number of benzene rings is 4. The third-order valence-corrected chi connectivity index (χ3v) is 8.42. The van der Waals surface area contributed by atoms with Gasteiger partial charge in [-0.1, -0.05) is 109 Å². The highest BCUT2D eigenvalue weighted by atomic mass is 35.5. The topological polar surface area (TPSA) is 88.5 Å². The Balaban J connectivity index is 1.29. The van der Waals surface area contributed by atoms with Crippen LogP contribution < -0.4 is 5.32 Å². The number of carbonyl (C=O) groups is 2. The Hall–Kier alpha value is -4.46. The molecule has 0 saturated carbocycles. The van der Waals surface area contributed by atoms with E-state index in [0.717, 1.165) is 38.3 Å². The predicted octanol–water partition coefficient (Wildman–Crippen LogP) is 9.16.